The number of pyridine rings is 1. The number of nitrogens with zero attached hydrogens (tertiary/aromatic N) is 2. The summed E-state index contributed by atoms with van der Waals surface area (Å²) in [4.78, 5) is 29.7. The maximum atomic E-state index is 12.4. The summed E-state index contributed by atoms with van der Waals surface area (Å²) >= 11 is 0. The van der Waals surface area contributed by atoms with E-state index in [0.717, 1.165) is 12.8 Å². The number of rotatable bonds is 5. The van der Waals surface area contributed by atoms with Crippen LogP contribution in [0.2, 0.25) is 0 Å². The number of hydrogen-bond acceptors (Lipinski definition) is 6. The van der Waals surface area contributed by atoms with Gasteiger partial charge >= 0.3 is 5.97 Å². The first kappa shape index (κ1) is 15.9. The van der Waals surface area contributed by atoms with Gasteiger partial charge in [-0.05, 0) is 31.4 Å². The van der Waals surface area contributed by atoms with Crippen LogP contribution in [0.3, 0.4) is 0 Å². The third-order valence-electron chi connectivity index (χ3n) is 4.03. The molecule has 8 heteroatoms. The summed E-state index contributed by atoms with van der Waals surface area (Å²) in [6.07, 6.45) is 3.67. The van der Waals surface area contributed by atoms with Crippen molar-refractivity contribution < 1.29 is 22.7 Å². The molecular formula is C15H18N2O5S. The van der Waals surface area contributed by atoms with Crippen molar-refractivity contribution in [2.45, 2.75) is 31.3 Å². The van der Waals surface area contributed by atoms with Crippen molar-refractivity contribution in [3.8, 4) is 0 Å². The summed E-state index contributed by atoms with van der Waals surface area (Å²) < 4.78 is 28.3. The fourth-order valence-electron chi connectivity index (χ4n) is 2.81. The zero-order valence-electron chi connectivity index (χ0n) is 12.6. The third kappa shape index (κ3) is 3.87. The van der Waals surface area contributed by atoms with E-state index in [9.17, 15) is 18.0 Å². The molecular weight excluding hydrogens is 320 g/mol. The molecule has 1 aliphatic carbocycles. The minimum Gasteiger partial charge on any atom is -0.451 e. The summed E-state index contributed by atoms with van der Waals surface area (Å²) in [5.74, 6) is -0.877. The Bertz CT molecular complexity index is 700. The highest BCUT2D eigenvalue weighted by molar-refractivity contribution is 7.91. The SMILES string of the molecule is O=C(OCC(=O)N(C1CC1)[C@H]1CCS(=O)(=O)C1)c1ccccn1. The van der Waals surface area contributed by atoms with Crippen LogP contribution in [0, 0.1) is 0 Å². The van der Waals surface area contributed by atoms with Gasteiger partial charge in [0.2, 0.25) is 0 Å². The first-order chi connectivity index (χ1) is 11.0. The van der Waals surface area contributed by atoms with Crippen molar-refractivity contribution in [2.24, 2.45) is 0 Å². The minimum absolute atomic E-state index is 0.00340. The van der Waals surface area contributed by atoms with Crippen LogP contribution >= 0.6 is 0 Å². The van der Waals surface area contributed by atoms with Gasteiger partial charge < -0.3 is 9.64 Å². The number of ether oxygens (including phenoxy) is 1. The smallest absolute Gasteiger partial charge is 0.357 e. The Morgan fingerprint density at radius 1 is 1.22 bits per heavy atom. The van der Waals surface area contributed by atoms with Gasteiger partial charge in [0.25, 0.3) is 5.91 Å². The minimum atomic E-state index is -3.07. The molecule has 0 aromatic carbocycles. The van der Waals surface area contributed by atoms with Gasteiger partial charge in [0.15, 0.2) is 16.4 Å². The molecule has 1 aromatic rings. The van der Waals surface area contributed by atoms with Gasteiger partial charge in [-0.1, -0.05) is 6.07 Å². The van der Waals surface area contributed by atoms with Gasteiger partial charge in [-0.3, -0.25) is 4.79 Å². The first-order valence-corrected chi connectivity index (χ1v) is 9.38. The number of amides is 1. The van der Waals surface area contributed by atoms with Crippen LogP contribution in [-0.2, 0) is 19.4 Å². The monoisotopic (exact) mass is 338 g/mol. The molecule has 0 N–H and O–H groups in total. The average molecular weight is 338 g/mol. The van der Waals surface area contributed by atoms with Crippen molar-refractivity contribution in [1.29, 1.82) is 0 Å². The number of aromatic nitrogens is 1. The molecule has 0 bridgehead atoms. The Morgan fingerprint density at radius 2 is 2.00 bits per heavy atom. The second-order valence-corrected chi connectivity index (χ2v) is 8.11. The van der Waals surface area contributed by atoms with E-state index >= 15 is 0 Å². The molecule has 2 fully saturated rings. The van der Waals surface area contributed by atoms with Gasteiger partial charge in [-0.25, -0.2) is 18.2 Å². The number of esters is 1. The van der Waals surface area contributed by atoms with Crippen LogP contribution < -0.4 is 0 Å². The average Bonchev–Trinajstić information content (AvgIpc) is 3.29. The molecule has 1 saturated heterocycles. The molecule has 1 aromatic heterocycles. The van der Waals surface area contributed by atoms with Gasteiger partial charge in [-0.2, -0.15) is 0 Å². The molecule has 0 unspecified atom stereocenters. The molecule has 2 heterocycles. The lowest BCUT2D eigenvalue weighted by Gasteiger charge is -2.28. The van der Waals surface area contributed by atoms with Crippen LogP contribution in [0.1, 0.15) is 29.8 Å². The Labute approximate surface area is 134 Å². The van der Waals surface area contributed by atoms with E-state index < -0.39 is 15.8 Å². The predicted molar refractivity (Wildman–Crippen MR) is 81.4 cm³/mol. The van der Waals surface area contributed by atoms with E-state index in [2.05, 4.69) is 4.98 Å². The molecule has 3 rings (SSSR count). The third-order valence-corrected chi connectivity index (χ3v) is 5.78. The van der Waals surface area contributed by atoms with E-state index in [0.29, 0.717) is 6.42 Å². The summed E-state index contributed by atoms with van der Waals surface area (Å²) in [5.41, 5.74) is 0.140. The summed E-state index contributed by atoms with van der Waals surface area (Å²) in [6.45, 7) is -0.386. The highest BCUT2D eigenvalue weighted by atomic mass is 32.2. The van der Waals surface area contributed by atoms with Crippen molar-refractivity contribution in [2.75, 3.05) is 18.1 Å². The highest BCUT2D eigenvalue weighted by Crippen LogP contribution is 2.32. The fourth-order valence-corrected chi connectivity index (χ4v) is 4.52. The highest BCUT2D eigenvalue weighted by Gasteiger charge is 2.42. The lowest BCUT2D eigenvalue weighted by Crippen LogP contribution is -2.44. The van der Waals surface area contributed by atoms with Crippen molar-refractivity contribution >= 4 is 21.7 Å². The van der Waals surface area contributed by atoms with Crippen molar-refractivity contribution in [1.82, 2.24) is 9.88 Å². The second-order valence-electron chi connectivity index (χ2n) is 5.88. The largest absolute Gasteiger partial charge is 0.451 e. The van der Waals surface area contributed by atoms with Gasteiger partial charge in [0.05, 0.1) is 11.5 Å². The van der Waals surface area contributed by atoms with E-state index in [1.165, 1.54) is 12.3 Å². The van der Waals surface area contributed by atoms with E-state index in [1.807, 2.05) is 0 Å². The van der Waals surface area contributed by atoms with Crippen molar-refractivity contribution in [3.63, 3.8) is 0 Å². The summed E-state index contributed by atoms with van der Waals surface area (Å²) in [6, 6.07) is 4.63. The van der Waals surface area contributed by atoms with Gasteiger partial charge in [0.1, 0.15) is 5.69 Å². The van der Waals surface area contributed by atoms with Crippen LogP contribution in [0.5, 0.6) is 0 Å². The first-order valence-electron chi connectivity index (χ1n) is 7.56. The molecule has 1 saturated carbocycles. The quantitative estimate of drug-likeness (QED) is 0.722. The second kappa shape index (κ2) is 6.27. The molecule has 23 heavy (non-hydrogen) atoms. The number of carbonyl (C=O) groups is 2. The lowest BCUT2D eigenvalue weighted by molar-refractivity contribution is -0.137. The molecule has 0 spiro atoms. The molecule has 2 aliphatic rings. The maximum Gasteiger partial charge on any atom is 0.357 e. The maximum absolute atomic E-state index is 12.4. The Kier molecular flexibility index (Phi) is 4.34. The van der Waals surface area contributed by atoms with Crippen LogP contribution in [-0.4, -0.2) is 60.4 Å². The Hall–Kier alpha value is -1.96. The van der Waals surface area contributed by atoms with Crippen LogP contribution in [0.25, 0.3) is 0 Å². The van der Waals surface area contributed by atoms with Crippen LogP contribution in [0.4, 0.5) is 0 Å². The summed E-state index contributed by atoms with van der Waals surface area (Å²) in [7, 11) is -3.07. The molecule has 1 aliphatic heterocycles. The normalized spacial score (nSPS) is 22.5. The van der Waals surface area contributed by atoms with Crippen LogP contribution in [0.15, 0.2) is 24.4 Å². The van der Waals surface area contributed by atoms with Gasteiger partial charge in [0, 0.05) is 18.3 Å². The van der Waals surface area contributed by atoms with E-state index in [-0.39, 0.29) is 41.8 Å². The zero-order valence-corrected chi connectivity index (χ0v) is 13.4. The number of hydrogen-bond donors (Lipinski definition) is 0. The van der Waals surface area contributed by atoms with E-state index in [1.54, 1.807) is 17.0 Å². The molecule has 1 amide bonds. The Balaban J connectivity index is 1.60. The fraction of sp³-hybridized carbons (Fsp3) is 0.533. The Morgan fingerprint density at radius 3 is 2.57 bits per heavy atom. The van der Waals surface area contributed by atoms with Crippen molar-refractivity contribution in [3.05, 3.63) is 30.1 Å². The summed E-state index contributed by atoms with van der Waals surface area (Å²) in [5, 5.41) is 0. The molecule has 124 valence electrons. The standard InChI is InChI=1S/C15H18N2O5S/c18-14(9-22-15(19)13-3-1-2-7-16-13)17(11-4-5-11)12-6-8-23(20,21)10-12/h1-3,7,11-12H,4-6,8-10H2/t12-/m0/s1. The zero-order chi connectivity index (χ0) is 16.4. The number of carbonyl (C=O) groups excluding carboxylic acids is 2. The predicted octanol–water partition coefficient (Wildman–Crippen LogP) is 0.416. The molecule has 1 atom stereocenters. The molecule has 0 radical (unpaired) electrons. The van der Waals surface area contributed by atoms with Gasteiger partial charge in [-0.15, -0.1) is 0 Å². The van der Waals surface area contributed by atoms with E-state index in [4.69, 9.17) is 4.74 Å². The molecule has 7 nitrogen and oxygen atoms in total. The number of sulfone groups is 1. The lowest BCUT2D eigenvalue weighted by atomic mass is 10.2. The topological polar surface area (TPSA) is 93.6 Å².